The number of nitrogens with one attached hydrogen (secondary N) is 2. The molecule has 0 fully saturated rings. The highest BCUT2D eigenvalue weighted by atomic mass is 16.5. The number of H-pyrrole nitrogens is 1. The molecule has 0 saturated carbocycles. The van der Waals surface area contributed by atoms with E-state index in [9.17, 15) is 4.79 Å². The average Bonchev–Trinajstić information content (AvgIpc) is 3.12. The van der Waals surface area contributed by atoms with Gasteiger partial charge in [-0.3, -0.25) is 4.99 Å². The number of aromatic nitrogens is 1. The first-order valence-electron chi connectivity index (χ1n) is 9.35. The standard InChI is InChI=1S/C22H24N4O3/c1-26(2)11-15-8-14-7-13(5-6-17(14)23-15)22-24-18-9-16(28-3)10-20(29-4)21(18)19(12-27)25-22/h5-10,12,19,23H,11H2,1-4H3,(H,24,25). The van der Waals surface area contributed by atoms with Crippen molar-refractivity contribution in [3.63, 3.8) is 0 Å². The van der Waals surface area contributed by atoms with E-state index < -0.39 is 6.04 Å². The molecule has 1 aliphatic heterocycles. The molecule has 150 valence electrons. The summed E-state index contributed by atoms with van der Waals surface area (Å²) in [4.78, 5) is 22.0. The molecule has 2 heterocycles. The summed E-state index contributed by atoms with van der Waals surface area (Å²) in [6.45, 7) is 0.837. The maximum absolute atomic E-state index is 11.8. The van der Waals surface area contributed by atoms with Gasteiger partial charge < -0.3 is 29.5 Å². The number of ether oxygens (including phenoxy) is 2. The number of nitrogens with zero attached hydrogens (tertiary/aromatic N) is 2. The third-order valence-electron chi connectivity index (χ3n) is 4.95. The van der Waals surface area contributed by atoms with Gasteiger partial charge in [0.05, 0.1) is 19.9 Å². The number of aldehydes is 1. The molecule has 0 spiro atoms. The first kappa shape index (κ1) is 19.0. The molecule has 7 nitrogen and oxygen atoms in total. The van der Waals surface area contributed by atoms with Crippen LogP contribution in [0.2, 0.25) is 0 Å². The molecular formula is C22H24N4O3. The normalized spacial score (nSPS) is 15.6. The number of carbonyl (C=O) groups is 1. The van der Waals surface area contributed by atoms with Crippen LogP contribution in [0.4, 0.5) is 5.69 Å². The second-order valence-electron chi connectivity index (χ2n) is 7.31. The number of rotatable bonds is 6. The number of aliphatic imine (C=N–C) groups is 1. The molecule has 0 radical (unpaired) electrons. The van der Waals surface area contributed by atoms with Gasteiger partial charge in [-0.15, -0.1) is 0 Å². The van der Waals surface area contributed by atoms with Crippen LogP contribution in [0.1, 0.15) is 22.9 Å². The number of hydrogen-bond acceptors (Lipinski definition) is 6. The Bertz CT molecular complexity index is 1100. The molecule has 1 atom stereocenters. The molecule has 29 heavy (non-hydrogen) atoms. The molecule has 1 unspecified atom stereocenters. The Labute approximate surface area is 169 Å². The first-order valence-corrected chi connectivity index (χ1v) is 9.35. The molecule has 4 rings (SSSR count). The lowest BCUT2D eigenvalue weighted by Gasteiger charge is -2.25. The number of amidine groups is 1. The summed E-state index contributed by atoms with van der Waals surface area (Å²) < 4.78 is 10.8. The van der Waals surface area contributed by atoms with Gasteiger partial charge in [0.25, 0.3) is 0 Å². The van der Waals surface area contributed by atoms with Crippen LogP contribution >= 0.6 is 0 Å². The minimum atomic E-state index is -0.645. The maximum Gasteiger partial charge on any atom is 0.149 e. The van der Waals surface area contributed by atoms with Crippen molar-refractivity contribution in [1.29, 1.82) is 0 Å². The van der Waals surface area contributed by atoms with E-state index in [2.05, 4.69) is 32.3 Å². The molecule has 0 amide bonds. The van der Waals surface area contributed by atoms with Crippen LogP contribution in [0.5, 0.6) is 11.5 Å². The van der Waals surface area contributed by atoms with Crippen molar-refractivity contribution in [2.24, 2.45) is 4.99 Å². The van der Waals surface area contributed by atoms with Crippen molar-refractivity contribution in [3.05, 3.63) is 53.2 Å². The van der Waals surface area contributed by atoms with Gasteiger partial charge in [0.2, 0.25) is 0 Å². The highest BCUT2D eigenvalue weighted by Gasteiger charge is 2.26. The van der Waals surface area contributed by atoms with Crippen molar-refractivity contribution < 1.29 is 14.3 Å². The number of methoxy groups -OCH3 is 2. The largest absolute Gasteiger partial charge is 0.497 e. The van der Waals surface area contributed by atoms with Gasteiger partial charge in [-0.25, -0.2) is 0 Å². The fourth-order valence-electron chi connectivity index (χ4n) is 3.67. The van der Waals surface area contributed by atoms with Crippen LogP contribution in [-0.4, -0.2) is 50.3 Å². The van der Waals surface area contributed by atoms with Gasteiger partial charge in [-0.2, -0.15) is 0 Å². The molecule has 7 heteroatoms. The molecular weight excluding hydrogens is 368 g/mol. The lowest BCUT2D eigenvalue weighted by Crippen LogP contribution is -2.22. The van der Waals surface area contributed by atoms with Crippen LogP contribution in [0.15, 0.2) is 41.4 Å². The molecule has 0 aliphatic carbocycles. The third kappa shape index (κ3) is 3.56. The number of hydrogen-bond donors (Lipinski definition) is 2. The fraction of sp³-hybridized carbons (Fsp3) is 0.273. The van der Waals surface area contributed by atoms with Crippen molar-refractivity contribution >= 4 is 28.7 Å². The topological polar surface area (TPSA) is 79.0 Å². The highest BCUT2D eigenvalue weighted by molar-refractivity contribution is 6.12. The zero-order chi connectivity index (χ0) is 20.5. The minimum absolute atomic E-state index is 0.571. The van der Waals surface area contributed by atoms with Crippen LogP contribution < -0.4 is 14.8 Å². The van der Waals surface area contributed by atoms with E-state index in [0.717, 1.165) is 40.7 Å². The van der Waals surface area contributed by atoms with Gasteiger partial charge >= 0.3 is 0 Å². The summed E-state index contributed by atoms with van der Waals surface area (Å²) in [5.41, 5.74) is 4.59. The Morgan fingerprint density at radius 2 is 1.97 bits per heavy atom. The van der Waals surface area contributed by atoms with Gasteiger partial charge in [-0.1, -0.05) is 0 Å². The van der Waals surface area contributed by atoms with Crippen LogP contribution in [0.25, 0.3) is 10.9 Å². The molecule has 3 aromatic rings. The van der Waals surface area contributed by atoms with Crippen LogP contribution in [-0.2, 0) is 11.3 Å². The Morgan fingerprint density at radius 3 is 2.66 bits per heavy atom. The van der Waals surface area contributed by atoms with Crippen molar-refractivity contribution in [2.75, 3.05) is 33.6 Å². The van der Waals surface area contributed by atoms with E-state index in [-0.39, 0.29) is 0 Å². The summed E-state index contributed by atoms with van der Waals surface area (Å²) in [5, 5.41) is 4.44. The zero-order valence-electron chi connectivity index (χ0n) is 16.9. The minimum Gasteiger partial charge on any atom is -0.497 e. The maximum atomic E-state index is 11.8. The lowest BCUT2D eigenvalue weighted by molar-refractivity contribution is -0.108. The third-order valence-corrected chi connectivity index (χ3v) is 4.95. The smallest absolute Gasteiger partial charge is 0.149 e. The number of anilines is 1. The first-order chi connectivity index (χ1) is 14.0. The average molecular weight is 392 g/mol. The molecule has 1 aliphatic rings. The van der Waals surface area contributed by atoms with Crippen LogP contribution in [0, 0.1) is 0 Å². The highest BCUT2D eigenvalue weighted by Crippen LogP contribution is 2.40. The Hall–Kier alpha value is -3.32. The van der Waals surface area contributed by atoms with Crippen molar-refractivity contribution in [1.82, 2.24) is 9.88 Å². The number of benzene rings is 2. The molecule has 2 aromatic carbocycles. The van der Waals surface area contributed by atoms with Gasteiger partial charge in [0, 0.05) is 46.4 Å². The summed E-state index contributed by atoms with van der Waals surface area (Å²) in [7, 11) is 7.25. The predicted octanol–water partition coefficient (Wildman–Crippen LogP) is 3.36. The lowest BCUT2D eigenvalue weighted by atomic mass is 10.0. The Balaban J connectivity index is 1.75. The van der Waals surface area contributed by atoms with E-state index in [1.807, 2.05) is 32.3 Å². The van der Waals surface area contributed by atoms with E-state index in [1.165, 1.54) is 0 Å². The van der Waals surface area contributed by atoms with Crippen molar-refractivity contribution in [2.45, 2.75) is 12.6 Å². The predicted molar refractivity (Wildman–Crippen MR) is 114 cm³/mol. The second kappa shape index (κ2) is 7.60. The monoisotopic (exact) mass is 392 g/mol. The quantitative estimate of drug-likeness (QED) is 0.629. The van der Waals surface area contributed by atoms with E-state index >= 15 is 0 Å². The van der Waals surface area contributed by atoms with Crippen LogP contribution in [0.3, 0.4) is 0 Å². The van der Waals surface area contributed by atoms with Crippen molar-refractivity contribution in [3.8, 4) is 11.5 Å². The molecule has 2 N–H and O–H groups in total. The van der Waals surface area contributed by atoms with E-state index in [1.54, 1.807) is 20.3 Å². The Morgan fingerprint density at radius 1 is 1.14 bits per heavy atom. The Kier molecular flexibility index (Phi) is 4.98. The molecule has 0 bridgehead atoms. The SMILES string of the molecule is COc1cc2c(c(OC)c1)C(C=O)N=C(c1ccc3[nH]c(CN(C)C)cc3c1)N2. The summed E-state index contributed by atoms with van der Waals surface area (Å²) in [6, 6.07) is 11.2. The molecule has 0 saturated heterocycles. The van der Waals surface area contributed by atoms with E-state index in [4.69, 9.17) is 9.47 Å². The summed E-state index contributed by atoms with van der Waals surface area (Å²) in [5.74, 6) is 1.86. The number of carbonyl (C=O) groups excluding carboxylic acids is 1. The number of fused-ring (bicyclic) bond motifs is 2. The summed E-state index contributed by atoms with van der Waals surface area (Å²) >= 11 is 0. The zero-order valence-corrected chi connectivity index (χ0v) is 16.9. The summed E-state index contributed by atoms with van der Waals surface area (Å²) in [6.07, 6.45) is 0.832. The fourth-order valence-corrected chi connectivity index (χ4v) is 3.67. The second-order valence-corrected chi connectivity index (χ2v) is 7.31. The van der Waals surface area contributed by atoms with E-state index in [0.29, 0.717) is 22.9 Å². The molecule has 1 aromatic heterocycles. The van der Waals surface area contributed by atoms with Gasteiger partial charge in [0.15, 0.2) is 0 Å². The number of aromatic amines is 1. The van der Waals surface area contributed by atoms with Gasteiger partial charge in [0.1, 0.15) is 29.7 Å². The van der Waals surface area contributed by atoms with Gasteiger partial charge in [-0.05, 0) is 38.4 Å².